The fourth-order valence-electron chi connectivity index (χ4n) is 3.30. The predicted octanol–water partition coefficient (Wildman–Crippen LogP) is 4.87. The Morgan fingerprint density at radius 1 is 1.00 bits per heavy atom. The smallest absolute Gasteiger partial charge is 0.234 e. The topological polar surface area (TPSA) is 43.4 Å². The first-order chi connectivity index (χ1) is 11.9. The minimum Gasteiger partial charge on any atom is -0.489 e. The van der Waals surface area contributed by atoms with Crippen LogP contribution in [0, 0.1) is 6.92 Å². The summed E-state index contributed by atoms with van der Waals surface area (Å²) in [5.41, 5.74) is 4.69. The van der Waals surface area contributed by atoms with Crippen LogP contribution in [0.3, 0.4) is 0 Å². The summed E-state index contributed by atoms with van der Waals surface area (Å²) >= 11 is 0. The number of carbonyl (C=O) groups excluding carboxylic acids is 2. The molecule has 0 amide bonds. The van der Waals surface area contributed by atoms with Crippen LogP contribution in [0.25, 0.3) is 6.08 Å². The van der Waals surface area contributed by atoms with Crippen molar-refractivity contribution in [1.29, 1.82) is 0 Å². The van der Waals surface area contributed by atoms with E-state index in [0.717, 1.165) is 28.0 Å². The van der Waals surface area contributed by atoms with Crippen molar-refractivity contribution in [1.82, 2.24) is 0 Å². The van der Waals surface area contributed by atoms with Crippen molar-refractivity contribution < 1.29 is 14.3 Å². The number of ketones is 2. The van der Waals surface area contributed by atoms with Gasteiger partial charge < -0.3 is 4.74 Å². The van der Waals surface area contributed by atoms with Gasteiger partial charge in [-0.05, 0) is 48.6 Å². The average molecular weight is 334 g/mol. The Morgan fingerprint density at radius 3 is 2.32 bits per heavy atom. The summed E-state index contributed by atoms with van der Waals surface area (Å²) in [4.78, 5) is 24.5. The molecule has 0 unspecified atom stereocenters. The third-order valence-electron chi connectivity index (χ3n) is 4.53. The highest BCUT2D eigenvalue weighted by molar-refractivity contribution is 6.52. The molecule has 25 heavy (non-hydrogen) atoms. The molecule has 0 saturated carbocycles. The van der Waals surface area contributed by atoms with Gasteiger partial charge in [-0.2, -0.15) is 0 Å². The summed E-state index contributed by atoms with van der Waals surface area (Å²) in [6, 6.07) is 11.9. The maximum atomic E-state index is 12.5. The van der Waals surface area contributed by atoms with Crippen molar-refractivity contribution in [2.75, 3.05) is 0 Å². The van der Waals surface area contributed by atoms with Gasteiger partial charge in [0, 0.05) is 16.7 Å². The van der Waals surface area contributed by atoms with Crippen molar-refractivity contribution in [3.63, 3.8) is 0 Å². The van der Waals surface area contributed by atoms with Gasteiger partial charge in [-0.25, -0.2) is 0 Å². The van der Waals surface area contributed by atoms with Gasteiger partial charge in [-0.1, -0.05) is 44.2 Å². The number of benzene rings is 2. The second-order valence-corrected chi connectivity index (χ2v) is 6.81. The Kier molecular flexibility index (Phi) is 4.58. The number of rotatable bonds is 4. The Balaban J connectivity index is 2.09. The molecule has 0 fully saturated rings. The van der Waals surface area contributed by atoms with Crippen molar-refractivity contribution in [3.05, 3.63) is 69.8 Å². The molecule has 0 heterocycles. The number of hydrogen-bond donors (Lipinski definition) is 0. The maximum Gasteiger partial charge on any atom is 0.234 e. The number of Topliss-reactive ketones (excluding diaryl/α,β-unsaturated/α-hetero) is 2. The van der Waals surface area contributed by atoms with Crippen LogP contribution >= 0.6 is 0 Å². The van der Waals surface area contributed by atoms with E-state index in [1.807, 2.05) is 49.4 Å². The summed E-state index contributed by atoms with van der Waals surface area (Å²) in [7, 11) is 0. The van der Waals surface area contributed by atoms with Crippen LogP contribution in [0.5, 0.6) is 5.75 Å². The monoisotopic (exact) mass is 334 g/mol. The van der Waals surface area contributed by atoms with Gasteiger partial charge in [0.1, 0.15) is 12.4 Å². The quantitative estimate of drug-likeness (QED) is 0.750. The summed E-state index contributed by atoms with van der Waals surface area (Å²) in [6.45, 7) is 8.17. The minimum atomic E-state index is -0.414. The Morgan fingerprint density at radius 2 is 1.68 bits per heavy atom. The Hall–Kier alpha value is -2.68. The van der Waals surface area contributed by atoms with Crippen LogP contribution in [0.2, 0.25) is 0 Å². The second kappa shape index (κ2) is 6.67. The van der Waals surface area contributed by atoms with Crippen LogP contribution in [-0.4, -0.2) is 11.6 Å². The third kappa shape index (κ3) is 3.14. The molecule has 1 aliphatic rings. The Labute approximate surface area is 148 Å². The normalized spacial score (nSPS) is 13.7. The molecular weight excluding hydrogens is 312 g/mol. The van der Waals surface area contributed by atoms with Crippen molar-refractivity contribution in [2.24, 2.45) is 0 Å². The van der Waals surface area contributed by atoms with Gasteiger partial charge in [0.15, 0.2) is 0 Å². The second-order valence-electron chi connectivity index (χ2n) is 6.81. The molecule has 0 atom stereocenters. The fourth-order valence-corrected chi connectivity index (χ4v) is 3.30. The predicted molar refractivity (Wildman–Crippen MR) is 99.0 cm³/mol. The molecule has 0 spiro atoms. The van der Waals surface area contributed by atoms with Gasteiger partial charge in [0.2, 0.25) is 11.6 Å². The maximum absolute atomic E-state index is 12.5. The number of hydrogen-bond acceptors (Lipinski definition) is 3. The van der Waals surface area contributed by atoms with Gasteiger partial charge in [0.05, 0.1) is 0 Å². The number of aryl methyl sites for hydroxylation is 1. The highest BCUT2D eigenvalue weighted by Crippen LogP contribution is 2.38. The third-order valence-corrected chi connectivity index (χ3v) is 4.53. The van der Waals surface area contributed by atoms with Crippen molar-refractivity contribution >= 4 is 17.6 Å². The first-order valence-electron chi connectivity index (χ1n) is 8.51. The van der Waals surface area contributed by atoms with Crippen LogP contribution < -0.4 is 4.74 Å². The fraction of sp³-hybridized carbons (Fsp3) is 0.273. The van der Waals surface area contributed by atoms with E-state index < -0.39 is 11.6 Å². The van der Waals surface area contributed by atoms with Gasteiger partial charge >= 0.3 is 0 Å². The summed E-state index contributed by atoms with van der Waals surface area (Å²) in [5.74, 6) is 0.124. The lowest BCUT2D eigenvalue weighted by Gasteiger charge is -2.23. The van der Waals surface area contributed by atoms with E-state index >= 15 is 0 Å². The summed E-state index contributed by atoms with van der Waals surface area (Å²) < 4.78 is 6.10. The highest BCUT2D eigenvalue weighted by Gasteiger charge is 2.30. The van der Waals surface area contributed by atoms with E-state index in [1.54, 1.807) is 6.92 Å². The zero-order valence-electron chi connectivity index (χ0n) is 15.1. The molecule has 0 radical (unpaired) electrons. The van der Waals surface area contributed by atoms with Gasteiger partial charge in [-0.3, -0.25) is 9.59 Å². The lowest BCUT2D eigenvalue weighted by Crippen LogP contribution is -2.23. The first kappa shape index (κ1) is 17.2. The zero-order chi connectivity index (χ0) is 18.1. The number of carbonyl (C=O) groups is 2. The average Bonchev–Trinajstić information content (AvgIpc) is 2.58. The molecule has 0 N–H and O–H groups in total. The van der Waals surface area contributed by atoms with E-state index in [-0.39, 0.29) is 5.92 Å². The SMILES string of the molecule is CC1=Cc2c(c(C)cc(OCc3ccccc3)c2C(C)C)C(=O)C1=O. The summed E-state index contributed by atoms with van der Waals surface area (Å²) in [5, 5.41) is 0. The molecule has 3 nitrogen and oxygen atoms in total. The van der Waals surface area contributed by atoms with E-state index in [4.69, 9.17) is 4.74 Å². The van der Waals surface area contributed by atoms with Crippen LogP contribution in [0.1, 0.15) is 59.3 Å². The summed E-state index contributed by atoms with van der Waals surface area (Å²) in [6.07, 6.45) is 1.83. The number of fused-ring (bicyclic) bond motifs is 1. The molecule has 3 heteroatoms. The van der Waals surface area contributed by atoms with E-state index in [1.165, 1.54) is 0 Å². The van der Waals surface area contributed by atoms with E-state index in [0.29, 0.717) is 17.7 Å². The molecule has 0 aromatic heterocycles. The molecule has 2 aromatic rings. The van der Waals surface area contributed by atoms with Crippen molar-refractivity contribution in [2.45, 2.75) is 40.2 Å². The highest BCUT2D eigenvalue weighted by atomic mass is 16.5. The minimum absolute atomic E-state index is 0.171. The number of allylic oxidation sites excluding steroid dienone is 1. The molecule has 0 bridgehead atoms. The van der Waals surface area contributed by atoms with Gasteiger partial charge in [-0.15, -0.1) is 0 Å². The molecule has 1 aliphatic carbocycles. The van der Waals surface area contributed by atoms with Crippen LogP contribution in [-0.2, 0) is 11.4 Å². The van der Waals surface area contributed by atoms with Crippen LogP contribution in [0.15, 0.2) is 42.0 Å². The first-order valence-corrected chi connectivity index (χ1v) is 8.51. The molecule has 2 aromatic carbocycles. The number of ether oxygens (including phenoxy) is 1. The van der Waals surface area contributed by atoms with Crippen molar-refractivity contribution in [3.8, 4) is 5.75 Å². The molecule has 3 rings (SSSR count). The molecule has 128 valence electrons. The standard InChI is InChI=1S/C22H22O3/c1-13(2)19-17-10-15(4)21(23)22(24)20(17)14(3)11-18(19)25-12-16-8-6-5-7-9-16/h5-11,13H,12H2,1-4H3. The lowest BCUT2D eigenvalue weighted by atomic mass is 9.82. The Bertz CT molecular complexity index is 874. The van der Waals surface area contributed by atoms with Crippen LogP contribution in [0.4, 0.5) is 0 Å². The molecular formula is C22H22O3. The largest absolute Gasteiger partial charge is 0.489 e. The zero-order valence-corrected chi connectivity index (χ0v) is 15.1. The van der Waals surface area contributed by atoms with E-state index in [2.05, 4.69) is 13.8 Å². The van der Waals surface area contributed by atoms with Gasteiger partial charge in [0.25, 0.3) is 0 Å². The van der Waals surface area contributed by atoms with E-state index in [9.17, 15) is 9.59 Å². The molecule has 0 aliphatic heterocycles. The lowest BCUT2D eigenvalue weighted by molar-refractivity contribution is -0.111. The molecule has 0 saturated heterocycles.